The largest absolute Gasteiger partial charge is 0.493 e. The minimum Gasteiger partial charge on any atom is -0.493 e. The summed E-state index contributed by atoms with van der Waals surface area (Å²) in [5.74, 6) is 1.33. The van der Waals surface area contributed by atoms with E-state index in [9.17, 15) is 0 Å². The van der Waals surface area contributed by atoms with Crippen LogP contribution in [0, 0.1) is 0 Å². The molecule has 1 aromatic carbocycles. The third-order valence-electron chi connectivity index (χ3n) is 2.97. The molecule has 0 fully saturated rings. The summed E-state index contributed by atoms with van der Waals surface area (Å²) < 4.78 is 10.8. The molecule has 20 heavy (non-hydrogen) atoms. The van der Waals surface area contributed by atoms with Gasteiger partial charge >= 0.3 is 0 Å². The van der Waals surface area contributed by atoms with Crippen LogP contribution >= 0.6 is 12.2 Å². The Morgan fingerprint density at radius 1 is 1.45 bits per heavy atom. The minimum atomic E-state index is -0.248. The van der Waals surface area contributed by atoms with Crippen LogP contribution in [0.3, 0.4) is 0 Å². The summed E-state index contributed by atoms with van der Waals surface area (Å²) in [5.41, 5.74) is 6.75. The standard InChI is InChI=1S/C14H22N2O3S/c1-4-19-12-9-10(5-6-11(12)18-3)13(14(15)20)16(2)7-8-17/h5-6,9,13,17H,4,7-8H2,1-3H3,(H2,15,20). The molecule has 1 atom stereocenters. The SMILES string of the molecule is CCOc1cc(C(C(N)=S)N(C)CCO)ccc1OC. The van der Waals surface area contributed by atoms with E-state index in [0.29, 0.717) is 29.6 Å². The van der Waals surface area contributed by atoms with Crippen molar-refractivity contribution in [1.29, 1.82) is 0 Å². The predicted molar refractivity (Wildman–Crippen MR) is 83.4 cm³/mol. The number of aliphatic hydroxyl groups is 1. The van der Waals surface area contributed by atoms with Crippen molar-refractivity contribution in [3.63, 3.8) is 0 Å². The van der Waals surface area contributed by atoms with Crippen molar-refractivity contribution in [3.05, 3.63) is 23.8 Å². The highest BCUT2D eigenvalue weighted by atomic mass is 32.1. The second-order valence-electron chi connectivity index (χ2n) is 4.35. The maximum absolute atomic E-state index is 9.06. The third kappa shape index (κ3) is 4.06. The third-order valence-corrected chi connectivity index (χ3v) is 3.19. The first-order valence-electron chi connectivity index (χ1n) is 6.46. The van der Waals surface area contributed by atoms with Gasteiger partial charge in [0, 0.05) is 6.54 Å². The van der Waals surface area contributed by atoms with Crippen LogP contribution in [0.15, 0.2) is 18.2 Å². The van der Waals surface area contributed by atoms with Crippen LogP contribution < -0.4 is 15.2 Å². The summed E-state index contributed by atoms with van der Waals surface area (Å²) in [7, 11) is 3.46. The quantitative estimate of drug-likeness (QED) is 0.706. The maximum Gasteiger partial charge on any atom is 0.161 e. The molecule has 0 aliphatic rings. The fourth-order valence-electron chi connectivity index (χ4n) is 2.05. The van der Waals surface area contributed by atoms with Crippen LogP contribution in [-0.2, 0) is 0 Å². The lowest BCUT2D eigenvalue weighted by Crippen LogP contribution is -2.35. The number of aliphatic hydroxyl groups excluding tert-OH is 1. The molecule has 0 radical (unpaired) electrons. The lowest BCUT2D eigenvalue weighted by atomic mass is 10.0. The highest BCUT2D eigenvalue weighted by Crippen LogP contribution is 2.32. The second-order valence-corrected chi connectivity index (χ2v) is 4.82. The summed E-state index contributed by atoms with van der Waals surface area (Å²) in [6, 6.07) is 5.36. The van der Waals surface area contributed by atoms with Crippen molar-refractivity contribution in [1.82, 2.24) is 4.90 Å². The van der Waals surface area contributed by atoms with Gasteiger partial charge in [0.2, 0.25) is 0 Å². The van der Waals surface area contributed by atoms with Gasteiger partial charge in [0.05, 0.1) is 31.4 Å². The van der Waals surface area contributed by atoms with E-state index in [1.54, 1.807) is 7.11 Å². The Labute approximate surface area is 125 Å². The molecule has 1 unspecified atom stereocenters. The molecule has 3 N–H and O–H groups in total. The fourth-order valence-corrected chi connectivity index (χ4v) is 2.37. The van der Waals surface area contributed by atoms with Gasteiger partial charge in [0.15, 0.2) is 11.5 Å². The molecular weight excluding hydrogens is 276 g/mol. The van der Waals surface area contributed by atoms with E-state index in [1.807, 2.05) is 37.1 Å². The molecule has 1 aromatic rings. The van der Waals surface area contributed by atoms with Gasteiger partial charge in [-0.05, 0) is 31.7 Å². The molecule has 0 heterocycles. The average molecular weight is 298 g/mol. The summed E-state index contributed by atoms with van der Waals surface area (Å²) >= 11 is 5.14. The van der Waals surface area contributed by atoms with Crippen LogP contribution in [-0.4, -0.2) is 48.9 Å². The first-order valence-corrected chi connectivity index (χ1v) is 6.87. The Kier molecular flexibility index (Phi) is 6.70. The number of benzene rings is 1. The van der Waals surface area contributed by atoms with Crippen molar-refractivity contribution in [3.8, 4) is 11.5 Å². The highest BCUT2D eigenvalue weighted by Gasteiger charge is 2.21. The Bertz CT molecular complexity index is 454. The molecule has 6 heteroatoms. The van der Waals surface area contributed by atoms with Gasteiger partial charge in [-0.2, -0.15) is 0 Å². The van der Waals surface area contributed by atoms with Crippen molar-refractivity contribution >= 4 is 17.2 Å². The first kappa shape index (κ1) is 16.7. The van der Waals surface area contributed by atoms with E-state index in [2.05, 4.69) is 0 Å². The zero-order chi connectivity index (χ0) is 15.1. The molecule has 0 bridgehead atoms. The molecule has 112 valence electrons. The molecule has 0 aromatic heterocycles. The second kappa shape index (κ2) is 8.04. The number of ether oxygens (including phenoxy) is 2. The van der Waals surface area contributed by atoms with Crippen LogP contribution in [0.4, 0.5) is 0 Å². The minimum absolute atomic E-state index is 0.0457. The van der Waals surface area contributed by atoms with Gasteiger partial charge in [-0.15, -0.1) is 0 Å². The van der Waals surface area contributed by atoms with Crippen LogP contribution in [0.5, 0.6) is 11.5 Å². The van der Waals surface area contributed by atoms with E-state index in [1.165, 1.54) is 0 Å². The van der Waals surface area contributed by atoms with Crippen LogP contribution in [0.2, 0.25) is 0 Å². The lowest BCUT2D eigenvalue weighted by molar-refractivity contribution is 0.207. The van der Waals surface area contributed by atoms with Gasteiger partial charge in [0.25, 0.3) is 0 Å². The van der Waals surface area contributed by atoms with E-state index in [4.69, 9.17) is 32.5 Å². The molecule has 0 aliphatic carbocycles. The number of likely N-dealkylation sites (N-methyl/N-ethyl adjacent to an activating group) is 1. The Balaban J connectivity index is 3.13. The van der Waals surface area contributed by atoms with E-state index in [0.717, 1.165) is 5.56 Å². The van der Waals surface area contributed by atoms with Gasteiger partial charge in [-0.3, -0.25) is 4.90 Å². The smallest absolute Gasteiger partial charge is 0.161 e. The molecule has 1 rings (SSSR count). The van der Waals surface area contributed by atoms with E-state index >= 15 is 0 Å². The van der Waals surface area contributed by atoms with Crippen molar-refractivity contribution in [2.24, 2.45) is 5.73 Å². The highest BCUT2D eigenvalue weighted by molar-refractivity contribution is 7.80. The summed E-state index contributed by atoms with van der Waals surface area (Å²) in [4.78, 5) is 2.26. The number of hydrogen-bond acceptors (Lipinski definition) is 5. The monoisotopic (exact) mass is 298 g/mol. The Morgan fingerprint density at radius 2 is 2.15 bits per heavy atom. The number of hydrogen-bond donors (Lipinski definition) is 2. The molecule has 5 nitrogen and oxygen atoms in total. The van der Waals surface area contributed by atoms with Crippen molar-refractivity contribution < 1.29 is 14.6 Å². The van der Waals surface area contributed by atoms with E-state index < -0.39 is 0 Å². The maximum atomic E-state index is 9.06. The first-order chi connectivity index (χ1) is 9.54. The molecule has 0 spiro atoms. The fraction of sp³-hybridized carbons (Fsp3) is 0.500. The normalized spacial score (nSPS) is 12.2. The molecule has 0 aliphatic heterocycles. The zero-order valence-electron chi connectivity index (χ0n) is 12.1. The van der Waals surface area contributed by atoms with Crippen molar-refractivity contribution in [2.45, 2.75) is 13.0 Å². The van der Waals surface area contributed by atoms with Gasteiger partial charge in [0.1, 0.15) is 0 Å². The number of rotatable bonds is 8. The van der Waals surface area contributed by atoms with E-state index in [-0.39, 0.29) is 12.6 Å². The predicted octanol–water partition coefficient (Wildman–Crippen LogP) is 1.35. The lowest BCUT2D eigenvalue weighted by Gasteiger charge is -2.27. The van der Waals surface area contributed by atoms with Gasteiger partial charge < -0.3 is 20.3 Å². The molecular formula is C14H22N2O3S. The summed E-state index contributed by atoms with van der Waals surface area (Å²) in [6.45, 7) is 2.99. The van der Waals surface area contributed by atoms with Crippen LogP contribution in [0.1, 0.15) is 18.5 Å². The number of thiocarbonyl (C=S) groups is 1. The topological polar surface area (TPSA) is 68.0 Å². The number of methoxy groups -OCH3 is 1. The van der Waals surface area contributed by atoms with Gasteiger partial charge in [-0.1, -0.05) is 18.3 Å². The Morgan fingerprint density at radius 3 is 2.65 bits per heavy atom. The molecule has 0 saturated carbocycles. The summed E-state index contributed by atoms with van der Waals surface area (Å²) in [5, 5.41) is 9.06. The Hall–Kier alpha value is -1.37. The van der Waals surface area contributed by atoms with Crippen LogP contribution in [0.25, 0.3) is 0 Å². The number of nitrogens with two attached hydrogens (primary N) is 1. The van der Waals surface area contributed by atoms with Gasteiger partial charge in [-0.25, -0.2) is 0 Å². The molecule has 0 amide bonds. The zero-order valence-corrected chi connectivity index (χ0v) is 12.9. The average Bonchev–Trinajstić information content (AvgIpc) is 2.39. The number of nitrogens with zero attached hydrogens (tertiary/aromatic N) is 1. The molecule has 0 saturated heterocycles. The summed E-state index contributed by atoms with van der Waals surface area (Å²) in [6.07, 6.45) is 0. The van der Waals surface area contributed by atoms with Crippen molar-refractivity contribution in [2.75, 3.05) is 33.9 Å².